The van der Waals surface area contributed by atoms with Gasteiger partial charge in [-0.1, -0.05) is 127 Å². The lowest BCUT2D eigenvalue weighted by atomic mass is 9.91. The van der Waals surface area contributed by atoms with Gasteiger partial charge < -0.3 is 5.32 Å². The molecule has 0 saturated carbocycles. The van der Waals surface area contributed by atoms with Crippen LogP contribution in [0.3, 0.4) is 0 Å². The lowest BCUT2D eigenvalue weighted by Gasteiger charge is -2.32. The smallest absolute Gasteiger partial charge is 0.137 e. The Morgan fingerprint density at radius 2 is 1.02 bits per heavy atom. The zero-order valence-electron chi connectivity index (χ0n) is 31.3. The summed E-state index contributed by atoms with van der Waals surface area (Å²) in [6, 6.07) is 60.7. The number of dihydropyridines is 1. The van der Waals surface area contributed by atoms with Crippen LogP contribution in [0.1, 0.15) is 11.1 Å². The van der Waals surface area contributed by atoms with Gasteiger partial charge in [0.2, 0.25) is 0 Å². The van der Waals surface area contributed by atoms with Gasteiger partial charge in [0.25, 0.3) is 0 Å². The number of rotatable bonds is 8. The number of nitrogens with one attached hydrogen (secondary N) is 1. The zero-order valence-corrected chi connectivity index (χ0v) is 31.3. The van der Waals surface area contributed by atoms with Crippen molar-refractivity contribution in [3.8, 4) is 34.4 Å². The molecule has 272 valence electrons. The molecule has 8 aromatic carbocycles. The summed E-state index contributed by atoms with van der Waals surface area (Å²) in [7, 11) is 0. The second kappa shape index (κ2) is 14.5. The van der Waals surface area contributed by atoms with E-state index in [0.717, 1.165) is 83.1 Å². The Kier molecular flexibility index (Phi) is 8.56. The summed E-state index contributed by atoms with van der Waals surface area (Å²) in [5, 5.41) is 31.4. The van der Waals surface area contributed by atoms with Crippen LogP contribution in [-0.4, -0.2) is 11.5 Å². The largest absolute Gasteiger partial charge is 0.368 e. The van der Waals surface area contributed by atoms with Crippen molar-refractivity contribution in [1.82, 2.24) is 10.3 Å². The molecule has 6 nitrogen and oxygen atoms in total. The number of hydrogen-bond donors (Lipinski definition) is 1. The predicted molar refractivity (Wildman–Crippen MR) is 237 cm³/mol. The molecule has 0 aliphatic carbocycles. The summed E-state index contributed by atoms with van der Waals surface area (Å²) in [6.07, 6.45) is 7.98. The minimum atomic E-state index is 0.546. The highest BCUT2D eigenvalue weighted by Crippen LogP contribution is 2.47. The first-order valence-corrected chi connectivity index (χ1v) is 19.2. The van der Waals surface area contributed by atoms with E-state index < -0.39 is 0 Å². The first-order chi connectivity index (χ1) is 28.7. The Morgan fingerprint density at radius 3 is 1.53 bits per heavy atom. The van der Waals surface area contributed by atoms with E-state index in [-0.39, 0.29) is 0 Å². The van der Waals surface area contributed by atoms with Crippen LogP contribution >= 0.6 is 0 Å². The minimum absolute atomic E-state index is 0.546. The summed E-state index contributed by atoms with van der Waals surface area (Å²) < 4.78 is 0. The third-order valence-electron chi connectivity index (χ3n) is 10.9. The van der Waals surface area contributed by atoms with Crippen molar-refractivity contribution < 1.29 is 0 Å². The highest BCUT2D eigenvalue weighted by atomic mass is 15.3. The Hall–Kier alpha value is -8.19. The number of nitriles is 2. The summed E-state index contributed by atoms with van der Waals surface area (Å²) in [4.78, 5) is 9.10. The number of nitrogens with zero attached hydrogens (tertiary/aromatic N) is 5. The Bertz CT molecular complexity index is 3140. The number of pyridine rings is 1. The molecular weight excluding hydrogens is 709 g/mol. The summed E-state index contributed by atoms with van der Waals surface area (Å²) in [5.74, 6) is 1.59. The van der Waals surface area contributed by atoms with Crippen molar-refractivity contribution in [2.75, 3.05) is 16.3 Å². The van der Waals surface area contributed by atoms with Crippen LogP contribution in [-0.2, 0) is 0 Å². The van der Waals surface area contributed by atoms with Gasteiger partial charge in [-0.2, -0.15) is 10.5 Å². The minimum Gasteiger partial charge on any atom is -0.368 e. The summed E-state index contributed by atoms with van der Waals surface area (Å²) in [5.41, 5.74) is 8.59. The maximum absolute atomic E-state index is 10.6. The Balaban J connectivity index is 1.19. The van der Waals surface area contributed by atoms with Gasteiger partial charge in [0.15, 0.2) is 0 Å². The number of benzene rings is 8. The van der Waals surface area contributed by atoms with Crippen LogP contribution in [0, 0.1) is 22.7 Å². The van der Waals surface area contributed by atoms with E-state index in [4.69, 9.17) is 4.98 Å². The van der Waals surface area contributed by atoms with Crippen LogP contribution < -0.4 is 15.1 Å². The van der Waals surface area contributed by atoms with E-state index in [1.807, 2.05) is 72.8 Å². The average Bonchev–Trinajstić information content (AvgIpc) is 3.30. The molecule has 0 fully saturated rings. The third-order valence-corrected chi connectivity index (χ3v) is 10.9. The predicted octanol–water partition coefficient (Wildman–Crippen LogP) is 12.7. The van der Waals surface area contributed by atoms with Crippen LogP contribution in [0.2, 0.25) is 0 Å². The van der Waals surface area contributed by atoms with Crippen molar-refractivity contribution in [3.05, 3.63) is 205 Å². The van der Waals surface area contributed by atoms with Gasteiger partial charge in [0, 0.05) is 23.5 Å². The second-order valence-electron chi connectivity index (χ2n) is 14.2. The molecular formula is C52H34N6. The molecule has 0 radical (unpaired) electrons. The van der Waals surface area contributed by atoms with Crippen LogP contribution in [0.5, 0.6) is 0 Å². The molecule has 0 unspecified atom stereocenters. The number of hydrogen-bond acceptors (Lipinski definition) is 6. The van der Waals surface area contributed by atoms with Gasteiger partial charge >= 0.3 is 0 Å². The van der Waals surface area contributed by atoms with Gasteiger partial charge in [0.05, 0.1) is 33.9 Å². The number of anilines is 5. The lowest BCUT2D eigenvalue weighted by Crippen LogP contribution is -2.30. The molecule has 2 heterocycles. The third kappa shape index (κ3) is 5.85. The van der Waals surface area contributed by atoms with Crippen molar-refractivity contribution >= 4 is 60.9 Å². The molecule has 0 bridgehead atoms. The fraction of sp³-hybridized carbons (Fsp3) is 0.0192. The van der Waals surface area contributed by atoms with E-state index in [1.165, 1.54) is 0 Å². The molecule has 1 aliphatic rings. The number of aromatic nitrogens is 1. The average molecular weight is 743 g/mol. The quantitative estimate of drug-likeness (QED) is 0.156. The van der Waals surface area contributed by atoms with Crippen molar-refractivity contribution in [2.24, 2.45) is 0 Å². The van der Waals surface area contributed by atoms with Crippen molar-refractivity contribution in [1.29, 1.82) is 10.5 Å². The van der Waals surface area contributed by atoms with Crippen LogP contribution in [0.25, 0.3) is 54.6 Å². The Morgan fingerprint density at radius 1 is 0.500 bits per heavy atom. The molecule has 10 rings (SSSR count). The normalized spacial score (nSPS) is 12.2. The van der Waals surface area contributed by atoms with Crippen molar-refractivity contribution in [3.63, 3.8) is 0 Å². The highest BCUT2D eigenvalue weighted by Gasteiger charge is 2.25. The summed E-state index contributed by atoms with van der Waals surface area (Å²) >= 11 is 0. The van der Waals surface area contributed by atoms with Gasteiger partial charge in [0.1, 0.15) is 23.8 Å². The van der Waals surface area contributed by atoms with Gasteiger partial charge in [-0.3, -0.25) is 9.80 Å². The SMILES string of the molecule is N#Cc1cc(-c2ccccc2)ccc1N(C1=CC=CCN1)c1ccc2ccc3c(N(c4ccccn4)c4ccc(-c5ccccc5)cc4C#N)ccc4ccc1c2c43. The maximum atomic E-state index is 10.6. The van der Waals surface area contributed by atoms with E-state index in [9.17, 15) is 10.5 Å². The highest BCUT2D eigenvalue weighted by molar-refractivity contribution is 6.28. The lowest BCUT2D eigenvalue weighted by molar-refractivity contribution is 0.853. The first kappa shape index (κ1) is 34.3. The monoisotopic (exact) mass is 742 g/mol. The van der Waals surface area contributed by atoms with Gasteiger partial charge in [-0.15, -0.1) is 0 Å². The van der Waals surface area contributed by atoms with E-state index in [1.54, 1.807) is 6.20 Å². The zero-order chi connectivity index (χ0) is 39.0. The Labute approximate surface area is 336 Å². The van der Waals surface area contributed by atoms with Gasteiger partial charge in [-0.25, -0.2) is 4.98 Å². The molecule has 0 amide bonds. The van der Waals surface area contributed by atoms with Gasteiger partial charge in [-0.05, 0) is 98.4 Å². The van der Waals surface area contributed by atoms with Crippen LogP contribution in [0.4, 0.5) is 28.6 Å². The molecule has 0 saturated heterocycles. The van der Waals surface area contributed by atoms with Crippen molar-refractivity contribution in [2.45, 2.75) is 0 Å². The molecule has 1 aliphatic heterocycles. The van der Waals surface area contributed by atoms with Crippen LogP contribution in [0.15, 0.2) is 194 Å². The molecule has 0 atom stereocenters. The van der Waals surface area contributed by atoms with E-state index in [2.05, 4.69) is 136 Å². The second-order valence-corrected chi connectivity index (χ2v) is 14.2. The fourth-order valence-electron chi connectivity index (χ4n) is 8.28. The molecule has 58 heavy (non-hydrogen) atoms. The van der Waals surface area contributed by atoms with E-state index >= 15 is 0 Å². The molecule has 9 aromatic rings. The number of allylic oxidation sites excluding steroid dienone is 2. The molecule has 0 spiro atoms. The summed E-state index contributed by atoms with van der Waals surface area (Å²) in [6.45, 7) is 0.669. The topological polar surface area (TPSA) is 79.0 Å². The standard InChI is InChI=1S/C52H34N6/c53-33-41-31-39(35-11-3-1-4-12-35)21-25-45(41)57(49-15-7-9-29-55-49)47-27-19-37-18-24-44-48(28-20-38-17-23-43(47)51(37)52(38)44)58(50-16-8-10-30-56-50)46-26-22-40(32-42(46)34-54)36-13-5-2-6-14-36/h1-29,31-32,56H,30H2. The molecule has 1 aromatic heterocycles. The molecule has 6 heteroatoms. The van der Waals surface area contributed by atoms with E-state index in [0.29, 0.717) is 23.5 Å². The fourth-order valence-corrected chi connectivity index (χ4v) is 8.28. The maximum Gasteiger partial charge on any atom is 0.137 e. The molecule has 1 N–H and O–H groups in total. The first-order valence-electron chi connectivity index (χ1n) is 19.2.